The third kappa shape index (κ3) is 5.47. The zero-order valence-corrected chi connectivity index (χ0v) is 16.9. The minimum Gasteiger partial charge on any atom is -0.455 e. The molecule has 4 nitrogen and oxygen atoms in total. The number of nitrogens with one attached hydrogen (secondary N) is 1. The van der Waals surface area contributed by atoms with Gasteiger partial charge in [-0.1, -0.05) is 60.1 Å². The van der Waals surface area contributed by atoms with E-state index in [-0.39, 0.29) is 5.91 Å². The molecule has 0 fully saturated rings. The highest BCUT2D eigenvalue weighted by Crippen LogP contribution is 2.20. The Morgan fingerprint density at radius 2 is 1.71 bits per heavy atom. The second-order valence-corrected chi connectivity index (χ2v) is 7.43. The number of rotatable bonds is 8. The van der Waals surface area contributed by atoms with Crippen molar-refractivity contribution in [3.63, 3.8) is 0 Å². The molecule has 0 radical (unpaired) electrons. The van der Waals surface area contributed by atoms with E-state index in [1.165, 1.54) is 0 Å². The number of nitrogens with zero attached hydrogens (tertiary/aromatic N) is 1. The van der Waals surface area contributed by atoms with Crippen LogP contribution in [0.5, 0.6) is 0 Å². The third-order valence-corrected chi connectivity index (χ3v) is 4.97. The summed E-state index contributed by atoms with van der Waals surface area (Å²) in [5.41, 5.74) is 2.12. The van der Waals surface area contributed by atoms with Crippen molar-refractivity contribution in [2.24, 2.45) is 0 Å². The van der Waals surface area contributed by atoms with Gasteiger partial charge in [0.1, 0.15) is 5.76 Å². The second kappa shape index (κ2) is 9.58. The predicted octanol–water partition coefficient (Wildman–Crippen LogP) is 5.27. The van der Waals surface area contributed by atoms with Crippen LogP contribution in [0.15, 0.2) is 71.1 Å². The summed E-state index contributed by atoms with van der Waals surface area (Å²) in [4.78, 5) is 14.6. The average molecular weight is 397 g/mol. The van der Waals surface area contributed by atoms with Crippen LogP contribution < -0.4 is 5.32 Å². The molecular weight excluding hydrogens is 372 g/mol. The van der Waals surface area contributed by atoms with Gasteiger partial charge in [0, 0.05) is 24.2 Å². The Hall–Kier alpha value is -2.56. The van der Waals surface area contributed by atoms with E-state index in [0.717, 1.165) is 21.9 Å². The van der Waals surface area contributed by atoms with E-state index in [4.69, 9.17) is 16.0 Å². The quantitative estimate of drug-likeness (QED) is 0.563. The van der Waals surface area contributed by atoms with E-state index in [0.29, 0.717) is 31.4 Å². The summed E-state index contributed by atoms with van der Waals surface area (Å²) in [6.07, 6.45) is 0. The first-order valence-electron chi connectivity index (χ1n) is 9.41. The third-order valence-electron chi connectivity index (χ3n) is 4.60. The maximum Gasteiger partial charge on any atom is 0.287 e. The van der Waals surface area contributed by atoms with E-state index >= 15 is 0 Å². The fourth-order valence-corrected chi connectivity index (χ4v) is 3.11. The Balaban J connectivity index is 1.61. The first-order valence-corrected chi connectivity index (χ1v) is 9.79. The minimum atomic E-state index is -0.211. The van der Waals surface area contributed by atoms with Crippen LogP contribution in [-0.4, -0.2) is 16.8 Å². The molecule has 0 saturated heterocycles. The molecule has 3 aromatic rings. The van der Waals surface area contributed by atoms with Gasteiger partial charge in [-0.15, -0.1) is 0 Å². The van der Waals surface area contributed by atoms with E-state index in [2.05, 4.69) is 24.1 Å². The summed E-state index contributed by atoms with van der Waals surface area (Å²) in [6, 6.07) is 21.5. The lowest BCUT2D eigenvalue weighted by molar-refractivity contribution is 0.0917. The summed E-state index contributed by atoms with van der Waals surface area (Å²) in [7, 11) is 0. The van der Waals surface area contributed by atoms with Crippen molar-refractivity contribution in [2.75, 3.05) is 0 Å². The Bertz CT molecular complexity index is 906. The zero-order chi connectivity index (χ0) is 19.9. The Morgan fingerprint density at radius 1 is 1.00 bits per heavy atom. The van der Waals surface area contributed by atoms with Gasteiger partial charge in [-0.2, -0.15) is 0 Å². The van der Waals surface area contributed by atoms with Gasteiger partial charge in [0.25, 0.3) is 5.91 Å². The van der Waals surface area contributed by atoms with Gasteiger partial charge in [-0.3, -0.25) is 9.69 Å². The molecule has 1 N–H and O–H groups in total. The Labute approximate surface area is 171 Å². The average Bonchev–Trinajstić information content (AvgIpc) is 3.16. The maximum absolute atomic E-state index is 12.4. The second-order valence-electron chi connectivity index (χ2n) is 7.02. The summed E-state index contributed by atoms with van der Waals surface area (Å²) >= 11 is 6.30. The van der Waals surface area contributed by atoms with Crippen LogP contribution in [0.2, 0.25) is 5.02 Å². The predicted molar refractivity (Wildman–Crippen MR) is 112 cm³/mol. The molecule has 0 bridgehead atoms. The van der Waals surface area contributed by atoms with Crippen molar-refractivity contribution in [1.29, 1.82) is 0 Å². The SMILES string of the molecule is CC(C)N(Cc1ccc(C(=O)NCc2ccccc2)o1)Cc1ccccc1Cl. The fraction of sp³-hybridized carbons (Fsp3) is 0.261. The van der Waals surface area contributed by atoms with Crippen molar-refractivity contribution < 1.29 is 9.21 Å². The highest BCUT2D eigenvalue weighted by atomic mass is 35.5. The first kappa shape index (κ1) is 20.2. The van der Waals surface area contributed by atoms with Crippen molar-refractivity contribution in [3.8, 4) is 0 Å². The molecule has 1 aromatic heterocycles. The number of hydrogen-bond acceptors (Lipinski definition) is 3. The van der Waals surface area contributed by atoms with Crippen molar-refractivity contribution in [1.82, 2.24) is 10.2 Å². The van der Waals surface area contributed by atoms with Gasteiger partial charge in [0.2, 0.25) is 0 Å². The number of halogens is 1. The zero-order valence-electron chi connectivity index (χ0n) is 16.2. The fourth-order valence-electron chi connectivity index (χ4n) is 2.92. The van der Waals surface area contributed by atoms with Crippen molar-refractivity contribution in [3.05, 3.63) is 94.4 Å². The summed E-state index contributed by atoms with van der Waals surface area (Å²) in [5, 5.41) is 3.65. The molecule has 1 amide bonds. The number of hydrogen-bond donors (Lipinski definition) is 1. The van der Waals surface area contributed by atoms with Gasteiger partial charge in [0.05, 0.1) is 6.54 Å². The first-order chi connectivity index (χ1) is 13.5. The number of furan rings is 1. The van der Waals surface area contributed by atoms with Crippen LogP contribution in [0.3, 0.4) is 0 Å². The minimum absolute atomic E-state index is 0.211. The lowest BCUT2D eigenvalue weighted by atomic mass is 10.2. The number of carbonyl (C=O) groups excluding carboxylic acids is 1. The van der Waals surface area contributed by atoms with Crippen LogP contribution in [-0.2, 0) is 19.6 Å². The standard InChI is InChI=1S/C23H25ClN2O2/c1-17(2)26(15-19-10-6-7-11-21(19)24)16-20-12-13-22(28-20)23(27)25-14-18-8-4-3-5-9-18/h3-13,17H,14-16H2,1-2H3,(H,25,27). The van der Waals surface area contributed by atoms with Crippen molar-refractivity contribution in [2.45, 2.75) is 39.5 Å². The van der Waals surface area contributed by atoms with Gasteiger partial charge in [0.15, 0.2) is 5.76 Å². The summed E-state index contributed by atoms with van der Waals surface area (Å²) < 4.78 is 5.80. The lowest BCUT2D eigenvalue weighted by Gasteiger charge is -2.26. The van der Waals surface area contributed by atoms with Crippen molar-refractivity contribution >= 4 is 17.5 Å². The molecule has 0 aliphatic rings. The van der Waals surface area contributed by atoms with Crippen LogP contribution in [0.25, 0.3) is 0 Å². The van der Waals surface area contributed by atoms with Gasteiger partial charge < -0.3 is 9.73 Å². The van der Waals surface area contributed by atoms with Gasteiger partial charge in [-0.25, -0.2) is 0 Å². The summed E-state index contributed by atoms with van der Waals surface area (Å²) in [5.74, 6) is 0.871. The normalized spacial score (nSPS) is 11.2. The topological polar surface area (TPSA) is 45.5 Å². The van der Waals surface area contributed by atoms with E-state index in [1.54, 1.807) is 6.07 Å². The molecule has 146 valence electrons. The number of carbonyl (C=O) groups is 1. The number of amides is 1. The van der Waals surface area contributed by atoms with Crippen LogP contribution in [0.1, 0.15) is 41.3 Å². The van der Waals surface area contributed by atoms with E-state index in [1.807, 2.05) is 60.7 Å². The maximum atomic E-state index is 12.4. The van der Waals surface area contributed by atoms with E-state index < -0.39 is 0 Å². The molecule has 0 aliphatic carbocycles. The van der Waals surface area contributed by atoms with Crippen LogP contribution in [0, 0.1) is 0 Å². The molecule has 1 heterocycles. The molecule has 0 unspecified atom stereocenters. The largest absolute Gasteiger partial charge is 0.455 e. The molecule has 2 aromatic carbocycles. The molecule has 0 atom stereocenters. The lowest BCUT2D eigenvalue weighted by Crippen LogP contribution is -2.29. The molecule has 3 rings (SSSR count). The Kier molecular flexibility index (Phi) is 6.90. The Morgan fingerprint density at radius 3 is 2.43 bits per heavy atom. The van der Waals surface area contributed by atoms with Crippen LogP contribution in [0.4, 0.5) is 0 Å². The van der Waals surface area contributed by atoms with Gasteiger partial charge >= 0.3 is 0 Å². The van der Waals surface area contributed by atoms with Gasteiger partial charge in [-0.05, 0) is 43.2 Å². The smallest absolute Gasteiger partial charge is 0.287 e. The molecule has 0 aliphatic heterocycles. The van der Waals surface area contributed by atoms with Crippen LogP contribution >= 0.6 is 11.6 Å². The highest BCUT2D eigenvalue weighted by molar-refractivity contribution is 6.31. The molecule has 0 spiro atoms. The highest BCUT2D eigenvalue weighted by Gasteiger charge is 2.16. The molecule has 28 heavy (non-hydrogen) atoms. The van der Waals surface area contributed by atoms with E-state index in [9.17, 15) is 4.79 Å². The molecule has 5 heteroatoms. The molecular formula is C23H25ClN2O2. The number of benzene rings is 2. The monoisotopic (exact) mass is 396 g/mol. The summed E-state index contributed by atoms with van der Waals surface area (Å²) in [6.45, 7) is 6.06. The molecule has 0 saturated carbocycles.